The Morgan fingerprint density at radius 1 is 1.28 bits per heavy atom. The third kappa shape index (κ3) is 2.51. The van der Waals surface area contributed by atoms with E-state index < -0.39 is 10.0 Å². The highest BCUT2D eigenvalue weighted by molar-refractivity contribution is 7.91. The third-order valence-corrected chi connectivity index (χ3v) is 6.29. The summed E-state index contributed by atoms with van der Waals surface area (Å²) in [6.07, 6.45) is 0. The number of hydrogen-bond acceptors (Lipinski definition) is 5. The molecule has 0 aliphatic carbocycles. The van der Waals surface area contributed by atoms with Crippen molar-refractivity contribution in [2.75, 3.05) is 13.1 Å². The van der Waals surface area contributed by atoms with Crippen molar-refractivity contribution < 1.29 is 8.42 Å². The van der Waals surface area contributed by atoms with Gasteiger partial charge in [0.15, 0.2) is 4.21 Å². The maximum atomic E-state index is 12.5. The summed E-state index contributed by atoms with van der Waals surface area (Å²) in [4.78, 5) is 13.4. The van der Waals surface area contributed by atoms with Crippen molar-refractivity contribution in [2.24, 2.45) is 0 Å². The first-order valence-corrected chi connectivity index (χ1v) is 8.02. The molecule has 18 heavy (non-hydrogen) atoms. The molecule has 8 heteroatoms. The number of nitrogens with one attached hydrogen (secondary N) is 2. The summed E-state index contributed by atoms with van der Waals surface area (Å²) in [7, 11) is -3.56. The number of thiazole rings is 1. The zero-order valence-electron chi connectivity index (χ0n) is 10.6. The Balaban J connectivity index is 2.37. The average Bonchev–Trinajstić information content (AvgIpc) is 2.57. The highest BCUT2D eigenvalue weighted by Crippen LogP contribution is 2.22. The van der Waals surface area contributed by atoms with Crippen LogP contribution in [0.1, 0.15) is 19.5 Å². The lowest BCUT2D eigenvalue weighted by atomic mass is 10.2. The summed E-state index contributed by atoms with van der Waals surface area (Å²) >= 11 is 0.756. The molecule has 1 aliphatic rings. The first-order valence-electron chi connectivity index (χ1n) is 5.76. The molecule has 1 aliphatic heterocycles. The number of sulfonamides is 1. The van der Waals surface area contributed by atoms with Gasteiger partial charge in [0.25, 0.3) is 10.0 Å². The molecule has 1 aromatic heterocycles. The quantitative estimate of drug-likeness (QED) is 0.810. The molecule has 0 amide bonds. The summed E-state index contributed by atoms with van der Waals surface area (Å²) in [5, 5.41) is 3.28. The highest BCUT2D eigenvalue weighted by Gasteiger charge is 2.33. The molecule has 2 atom stereocenters. The van der Waals surface area contributed by atoms with E-state index in [4.69, 9.17) is 0 Å². The molecule has 2 rings (SSSR count). The highest BCUT2D eigenvalue weighted by atomic mass is 32.2. The van der Waals surface area contributed by atoms with Gasteiger partial charge in [-0.1, -0.05) is 11.3 Å². The second-order valence-corrected chi connectivity index (χ2v) is 7.83. The fraction of sp³-hybridized carbons (Fsp3) is 0.700. The molecule has 1 fully saturated rings. The largest absolute Gasteiger partial charge is 0.315 e. The minimum atomic E-state index is -3.56. The predicted octanol–water partition coefficient (Wildman–Crippen LogP) is 0.116. The van der Waals surface area contributed by atoms with Crippen LogP contribution in [0.2, 0.25) is 0 Å². The van der Waals surface area contributed by atoms with Gasteiger partial charge in [-0.2, -0.15) is 4.31 Å². The van der Waals surface area contributed by atoms with Crippen LogP contribution in [0.4, 0.5) is 0 Å². The van der Waals surface area contributed by atoms with E-state index in [0.717, 1.165) is 11.3 Å². The number of H-pyrrole nitrogens is 1. The fourth-order valence-corrected chi connectivity index (χ4v) is 5.28. The van der Waals surface area contributed by atoms with E-state index in [-0.39, 0.29) is 21.2 Å². The average molecular weight is 291 g/mol. The lowest BCUT2D eigenvalue weighted by Crippen LogP contribution is -2.55. The Morgan fingerprint density at radius 2 is 1.83 bits per heavy atom. The standard InChI is InChI=1S/C10H17N3O3S2/c1-6-4-13(5-7(2)11-6)18(15,16)9-8(3)12-10(14)17-9/h6-7,11H,4-5H2,1-3H3,(H,12,14). The van der Waals surface area contributed by atoms with Gasteiger partial charge in [0.1, 0.15) is 0 Å². The van der Waals surface area contributed by atoms with Crippen molar-refractivity contribution in [3.05, 3.63) is 15.4 Å². The first-order chi connectivity index (χ1) is 8.30. The Bertz CT molecular complexity index is 580. The third-order valence-electron chi connectivity index (χ3n) is 2.88. The Labute approximate surface area is 110 Å². The van der Waals surface area contributed by atoms with Crippen LogP contribution in [-0.4, -0.2) is 42.9 Å². The number of rotatable bonds is 2. The SMILES string of the molecule is Cc1[nH]c(=O)sc1S(=O)(=O)N1CC(C)NC(C)C1. The summed E-state index contributed by atoms with van der Waals surface area (Å²) in [6, 6.07) is 0.221. The van der Waals surface area contributed by atoms with Gasteiger partial charge in [-0.25, -0.2) is 8.42 Å². The van der Waals surface area contributed by atoms with E-state index in [9.17, 15) is 13.2 Å². The van der Waals surface area contributed by atoms with Gasteiger partial charge in [0.2, 0.25) is 0 Å². The second-order valence-electron chi connectivity index (χ2n) is 4.72. The van der Waals surface area contributed by atoms with Crippen molar-refractivity contribution in [3.63, 3.8) is 0 Å². The van der Waals surface area contributed by atoms with Crippen LogP contribution in [0.5, 0.6) is 0 Å². The molecule has 0 aromatic carbocycles. The fourth-order valence-electron chi connectivity index (χ4n) is 2.23. The topological polar surface area (TPSA) is 82.3 Å². The minimum absolute atomic E-state index is 0.111. The van der Waals surface area contributed by atoms with Crippen LogP contribution in [0.15, 0.2) is 9.00 Å². The molecule has 6 nitrogen and oxygen atoms in total. The van der Waals surface area contributed by atoms with Crippen molar-refractivity contribution in [1.29, 1.82) is 0 Å². The van der Waals surface area contributed by atoms with Crippen LogP contribution in [0, 0.1) is 6.92 Å². The van der Waals surface area contributed by atoms with Gasteiger partial charge >= 0.3 is 4.87 Å². The van der Waals surface area contributed by atoms with Gasteiger partial charge in [0.05, 0.1) is 0 Å². The maximum absolute atomic E-state index is 12.5. The van der Waals surface area contributed by atoms with Crippen LogP contribution in [0.3, 0.4) is 0 Å². The van der Waals surface area contributed by atoms with E-state index >= 15 is 0 Å². The zero-order chi connectivity index (χ0) is 13.5. The number of piperazine rings is 1. The van der Waals surface area contributed by atoms with Gasteiger partial charge in [-0.05, 0) is 20.8 Å². The molecule has 2 N–H and O–H groups in total. The van der Waals surface area contributed by atoms with E-state index in [0.29, 0.717) is 18.8 Å². The van der Waals surface area contributed by atoms with Gasteiger partial charge in [0, 0.05) is 30.9 Å². The van der Waals surface area contributed by atoms with E-state index in [2.05, 4.69) is 10.3 Å². The summed E-state index contributed by atoms with van der Waals surface area (Å²) in [5.74, 6) is 0. The van der Waals surface area contributed by atoms with Gasteiger partial charge in [-0.3, -0.25) is 4.79 Å². The van der Waals surface area contributed by atoms with E-state index in [1.54, 1.807) is 6.92 Å². The summed E-state index contributed by atoms with van der Waals surface area (Å²) in [5.41, 5.74) is 0.420. The summed E-state index contributed by atoms with van der Waals surface area (Å²) < 4.78 is 26.5. The Kier molecular flexibility index (Phi) is 3.63. The number of aromatic nitrogens is 1. The maximum Gasteiger partial charge on any atom is 0.305 e. The normalized spacial score (nSPS) is 26.4. The van der Waals surface area contributed by atoms with Crippen LogP contribution in [0.25, 0.3) is 0 Å². The minimum Gasteiger partial charge on any atom is -0.315 e. The summed E-state index contributed by atoms with van der Waals surface area (Å²) in [6.45, 7) is 6.37. The molecular formula is C10H17N3O3S2. The molecule has 1 aromatic rings. The predicted molar refractivity (Wildman–Crippen MR) is 70.5 cm³/mol. The van der Waals surface area contributed by atoms with Crippen molar-refractivity contribution in [2.45, 2.75) is 37.1 Å². The lowest BCUT2D eigenvalue weighted by Gasteiger charge is -2.34. The number of aryl methyl sites for hydroxylation is 1. The lowest BCUT2D eigenvalue weighted by molar-refractivity contribution is 0.263. The van der Waals surface area contributed by atoms with Gasteiger partial charge < -0.3 is 10.3 Å². The molecule has 2 unspecified atom stereocenters. The van der Waals surface area contributed by atoms with Crippen LogP contribution in [-0.2, 0) is 10.0 Å². The molecule has 0 spiro atoms. The van der Waals surface area contributed by atoms with E-state index in [1.165, 1.54) is 4.31 Å². The molecule has 2 heterocycles. The van der Waals surface area contributed by atoms with E-state index in [1.807, 2.05) is 13.8 Å². The Morgan fingerprint density at radius 3 is 2.28 bits per heavy atom. The zero-order valence-corrected chi connectivity index (χ0v) is 12.2. The first kappa shape index (κ1) is 13.7. The molecule has 0 radical (unpaired) electrons. The Hall–Kier alpha value is -0.700. The molecule has 1 saturated heterocycles. The van der Waals surface area contributed by atoms with Crippen molar-refractivity contribution in [3.8, 4) is 0 Å². The number of nitrogens with zero attached hydrogens (tertiary/aromatic N) is 1. The monoisotopic (exact) mass is 291 g/mol. The smallest absolute Gasteiger partial charge is 0.305 e. The van der Waals surface area contributed by atoms with Crippen molar-refractivity contribution >= 4 is 21.4 Å². The van der Waals surface area contributed by atoms with Gasteiger partial charge in [-0.15, -0.1) is 0 Å². The molecular weight excluding hydrogens is 274 g/mol. The van der Waals surface area contributed by atoms with Crippen LogP contribution >= 0.6 is 11.3 Å². The molecule has 102 valence electrons. The second kappa shape index (κ2) is 4.76. The number of aromatic amines is 1. The number of hydrogen-bond donors (Lipinski definition) is 2. The van der Waals surface area contributed by atoms with Crippen molar-refractivity contribution in [1.82, 2.24) is 14.6 Å². The van der Waals surface area contributed by atoms with Crippen LogP contribution < -0.4 is 10.2 Å². The molecule has 0 saturated carbocycles. The molecule has 0 bridgehead atoms.